The predicted molar refractivity (Wildman–Crippen MR) is 92.0 cm³/mol. The number of hydrogen-bond acceptors (Lipinski definition) is 3. The van der Waals surface area contributed by atoms with Crippen molar-refractivity contribution in [1.29, 1.82) is 0 Å². The van der Waals surface area contributed by atoms with Gasteiger partial charge in [0, 0.05) is 29.6 Å². The second-order valence-electron chi connectivity index (χ2n) is 6.04. The fourth-order valence-corrected chi connectivity index (χ4v) is 3.14. The lowest BCUT2D eigenvalue weighted by molar-refractivity contribution is 0.153. The lowest BCUT2D eigenvalue weighted by Crippen LogP contribution is -2.47. The molecule has 0 spiro atoms. The molecule has 1 heterocycles. The van der Waals surface area contributed by atoms with Crippen molar-refractivity contribution in [2.75, 3.05) is 26.2 Å². The van der Waals surface area contributed by atoms with E-state index in [1.807, 2.05) is 24.3 Å². The largest absolute Gasteiger partial charge is 0.492 e. The van der Waals surface area contributed by atoms with Crippen molar-refractivity contribution in [1.82, 2.24) is 10.2 Å². The minimum Gasteiger partial charge on any atom is -0.492 e. The standard InChI is InChI=1S/C17H27BrN2O/c1-14(2)20(13-16-7-3-4-9-19-16)10-11-21-17-8-5-6-15(18)12-17/h5-6,8,12,14,16,19H,3-4,7,9-11,13H2,1-2H3. The molecule has 1 aromatic rings. The molecule has 1 aliphatic rings. The molecule has 1 N–H and O–H groups in total. The minimum atomic E-state index is 0.555. The monoisotopic (exact) mass is 354 g/mol. The van der Waals surface area contributed by atoms with E-state index in [0.29, 0.717) is 12.1 Å². The van der Waals surface area contributed by atoms with Gasteiger partial charge in [-0.1, -0.05) is 28.4 Å². The number of nitrogens with one attached hydrogen (secondary N) is 1. The fourth-order valence-electron chi connectivity index (χ4n) is 2.76. The third-order valence-corrected chi connectivity index (χ3v) is 4.53. The van der Waals surface area contributed by atoms with Crippen LogP contribution in [0.1, 0.15) is 33.1 Å². The predicted octanol–water partition coefficient (Wildman–Crippen LogP) is 3.68. The maximum Gasteiger partial charge on any atom is 0.120 e. The Bertz CT molecular complexity index is 419. The van der Waals surface area contributed by atoms with E-state index in [9.17, 15) is 0 Å². The molecular formula is C17H27BrN2O. The summed E-state index contributed by atoms with van der Waals surface area (Å²) in [6, 6.07) is 9.25. The van der Waals surface area contributed by atoms with Gasteiger partial charge in [0.1, 0.15) is 12.4 Å². The van der Waals surface area contributed by atoms with Crippen LogP contribution in [0.4, 0.5) is 0 Å². The van der Waals surface area contributed by atoms with E-state index in [1.54, 1.807) is 0 Å². The van der Waals surface area contributed by atoms with E-state index in [-0.39, 0.29) is 0 Å². The molecule has 0 saturated carbocycles. The maximum atomic E-state index is 5.86. The molecule has 0 amide bonds. The van der Waals surface area contributed by atoms with E-state index in [2.05, 4.69) is 40.0 Å². The van der Waals surface area contributed by atoms with Gasteiger partial charge in [0.25, 0.3) is 0 Å². The van der Waals surface area contributed by atoms with Crippen molar-refractivity contribution >= 4 is 15.9 Å². The SMILES string of the molecule is CC(C)N(CCOc1cccc(Br)c1)CC1CCCCN1. The van der Waals surface area contributed by atoms with E-state index >= 15 is 0 Å². The van der Waals surface area contributed by atoms with Crippen molar-refractivity contribution < 1.29 is 4.74 Å². The Balaban J connectivity index is 1.77. The van der Waals surface area contributed by atoms with Crippen LogP contribution < -0.4 is 10.1 Å². The molecule has 0 radical (unpaired) electrons. The van der Waals surface area contributed by atoms with E-state index < -0.39 is 0 Å². The van der Waals surface area contributed by atoms with Gasteiger partial charge in [-0.15, -0.1) is 0 Å². The first-order valence-corrected chi connectivity index (χ1v) is 8.80. The van der Waals surface area contributed by atoms with Crippen molar-refractivity contribution in [3.8, 4) is 5.75 Å². The van der Waals surface area contributed by atoms with Crippen molar-refractivity contribution in [3.05, 3.63) is 28.7 Å². The zero-order valence-electron chi connectivity index (χ0n) is 13.1. The van der Waals surface area contributed by atoms with Crippen LogP contribution in [0.3, 0.4) is 0 Å². The number of benzene rings is 1. The summed E-state index contributed by atoms with van der Waals surface area (Å²) in [6.07, 6.45) is 3.98. The molecule has 4 heteroatoms. The third kappa shape index (κ3) is 5.97. The van der Waals surface area contributed by atoms with Gasteiger partial charge in [0.05, 0.1) is 0 Å². The molecule has 0 bridgehead atoms. The van der Waals surface area contributed by atoms with Gasteiger partial charge in [0.15, 0.2) is 0 Å². The number of piperidine rings is 1. The molecule has 1 saturated heterocycles. The zero-order chi connectivity index (χ0) is 15.1. The minimum absolute atomic E-state index is 0.555. The average molecular weight is 355 g/mol. The lowest BCUT2D eigenvalue weighted by atomic mass is 10.0. The van der Waals surface area contributed by atoms with Gasteiger partial charge in [-0.05, 0) is 51.4 Å². The number of halogens is 1. The van der Waals surface area contributed by atoms with Crippen LogP contribution in [0.5, 0.6) is 5.75 Å². The number of rotatable bonds is 7. The summed E-state index contributed by atoms with van der Waals surface area (Å²) in [7, 11) is 0. The first kappa shape index (κ1) is 16.8. The van der Waals surface area contributed by atoms with E-state index in [1.165, 1.54) is 25.8 Å². The Morgan fingerprint density at radius 1 is 1.38 bits per heavy atom. The highest BCUT2D eigenvalue weighted by molar-refractivity contribution is 9.10. The van der Waals surface area contributed by atoms with Gasteiger partial charge >= 0.3 is 0 Å². The van der Waals surface area contributed by atoms with E-state index in [0.717, 1.165) is 29.9 Å². The summed E-state index contributed by atoms with van der Waals surface area (Å²) in [5.74, 6) is 0.934. The summed E-state index contributed by atoms with van der Waals surface area (Å²) in [5.41, 5.74) is 0. The molecule has 1 atom stereocenters. The number of ether oxygens (including phenoxy) is 1. The second-order valence-corrected chi connectivity index (χ2v) is 6.96. The summed E-state index contributed by atoms with van der Waals surface area (Å²) in [4.78, 5) is 2.51. The molecule has 0 aliphatic carbocycles. The van der Waals surface area contributed by atoms with E-state index in [4.69, 9.17) is 4.74 Å². The van der Waals surface area contributed by atoms with Crippen LogP contribution in [0, 0.1) is 0 Å². The normalized spacial score (nSPS) is 19.2. The van der Waals surface area contributed by atoms with Gasteiger partial charge < -0.3 is 10.1 Å². The summed E-state index contributed by atoms with van der Waals surface area (Å²) in [5, 5.41) is 3.63. The Kier molecular flexibility index (Phi) is 7.00. The molecule has 0 aromatic heterocycles. The zero-order valence-corrected chi connectivity index (χ0v) is 14.7. The Hall–Kier alpha value is -0.580. The molecule has 1 fully saturated rings. The fraction of sp³-hybridized carbons (Fsp3) is 0.647. The molecule has 2 rings (SSSR count). The highest BCUT2D eigenvalue weighted by atomic mass is 79.9. The molecule has 1 aliphatic heterocycles. The molecular weight excluding hydrogens is 328 g/mol. The van der Waals surface area contributed by atoms with Crippen molar-refractivity contribution in [2.24, 2.45) is 0 Å². The van der Waals surface area contributed by atoms with Gasteiger partial charge in [-0.25, -0.2) is 0 Å². The van der Waals surface area contributed by atoms with Crippen molar-refractivity contribution in [3.63, 3.8) is 0 Å². The van der Waals surface area contributed by atoms with Crippen molar-refractivity contribution in [2.45, 2.75) is 45.2 Å². The van der Waals surface area contributed by atoms with Crippen LogP contribution in [-0.4, -0.2) is 43.2 Å². The molecule has 3 nitrogen and oxygen atoms in total. The highest BCUT2D eigenvalue weighted by Crippen LogP contribution is 2.18. The first-order valence-electron chi connectivity index (χ1n) is 8.01. The van der Waals surface area contributed by atoms with Crippen LogP contribution in [0.2, 0.25) is 0 Å². The second kappa shape index (κ2) is 8.76. The van der Waals surface area contributed by atoms with Crippen LogP contribution in [0.15, 0.2) is 28.7 Å². The van der Waals surface area contributed by atoms with Crippen LogP contribution in [0.25, 0.3) is 0 Å². The quantitative estimate of drug-likeness (QED) is 0.808. The van der Waals surface area contributed by atoms with Crippen LogP contribution in [-0.2, 0) is 0 Å². The Labute approximate surface area is 137 Å². The van der Waals surface area contributed by atoms with Gasteiger partial charge in [-0.3, -0.25) is 4.90 Å². The lowest BCUT2D eigenvalue weighted by Gasteiger charge is -2.33. The summed E-state index contributed by atoms with van der Waals surface area (Å²) >= 11 is 3.47. The molecule has 1 unspecified atom stereocenters. The maximum absolute atomic E-state index is 5.86. The topological polar surface area (TPSA) is 24.5 Å². The average Bonchev–Trinajstić information content (AvgIpc) is 2.47. The van der Waals surface area contributed by atoms with Crippen LogP contribution >= 0.6 is 15.9 Å². The Morgan fingerprint density at radius 3 is 2.90 bits per heavy atom. The third-order valence-electron chi connectivity index (χ3n) is 4.04. The Morgan fingerprint density at radius 2 is 2.24 bits per heavy atom. The molecule has 21 heavy (non-hydrogen) atoms. The highest BCUT2D eigenvalue weighted by Gasteiger charge is 2.18. The summed E-state index contributed by atoms with van der Waals surface area (Å²) in [6.45, 7) is 8.54. The number of nitrogens with zero attached hydrogens (tertiary/aromatic N) is 1. The first-order chi connectivity index (χ1) is 10.1. The smallest absolute Gasteiger partial charge is 0.120 e. The molecule has 118 valence electrons. The number of hydrogen-bond donors (Lipinski definition) is 1. The molecule has 1 aromatic carbocycles. The van der Waals surface area contributed by atoms with Gasteiger partial charge in [-0.2, -0.15) is 0 Å². The summed E-state index contributed by atoms with van der Waals surface area (Å²) < 4.78 is 6.93. The van der Waals surface area contributed by atoms with Gasteiger partial charge in [0.2, 0.25) is 0 Å².